The van der Waals surface area contributed by atoms with E-state index in [9.17, 15) is 13.6 Å². The van der Waals surface area contributed by atoms with Gasteiger partial charge in [-0.2, -0.15) is 0 Å². The molecule has 0 spiro atoms. The van der Waals surface area contributed by atoms with E-state index in [4.69, 9.17) is 0 Å². The van der Waals surface area contributed by atoms with E-state index in [1.54, 1.807) is 6.92 Å². The van der Waals surface area contributed by atoms with E-state index < -0.39 is 6.43 Å². The minimum Gasteiger partial charge on any atom is -0.294 e. The van der Waals surface area contributed by atoms with Gasteiger partial charge in [-0.1, -0.05) is 19.1 Å². The fourth-order valence-electron chi connectivity index (χ4n) is 1.22. The number of ketones is 1. The molecule has 1 rings (SSSR count). The number of benzene rings is 1. The second-order valence-electron chi connectivity index (χ2n) is 2.82. The number of rotatable bonds is 3. The first-order chi connectivity index (χ1) is 6.57. The molecule has 0 bridgehead atoms. The SMILES string of the molecule is CCC(=O)c1c(S)cccc1C(F)F. The minimum atomic E-state index is -2.63. The van der Waals surface area contributed by atoms with Gasteiger partial charge in [0.2, 0.25) is 0 Å². The van der Waals surface area contributed by atoms with Gasteiger partial charge in [0.05, 0.1) is 0 Å². The summed E-state index contributed by atoms with van der Waals surface area (Å²) in [6.45, 7) is 1.64. The van der Waals surface area contributed by atoms with Gasteiger partial charge >= 0.3 is 0 Å². The van der Waals surface area contributed by atoms with Gasteiger partial charge in [-0.05, 0) is 6.07 Å². The summed E-state index contributed by atoms with van der Waals surface area (Å²) in [5, 5.41) is 0. The Bertz CT molecular complexity index is 350. The molecule has 0 amide bonds. The summed E-state index contributed by atoms with van der Waals surface area (Å²) in [6.07, 6.45) is -2.43. The number of carbonyl (C=O) groups is 1. The summed E-state index contributed by atoms with van der Waals surface area (Å²) in [6, 6.07) is 4.27. The van der Waals surface area contributed by atoms with Gasteiger partial charge in [0.1, 0.15) is 0 Å². The topological polar surface area (TPSA) is 17.1 Å². The number of halogens is 2. The zero-order chi connectivity index (χ0) is 10.7. The van der Waals surface area contributed by atoms with Crippen LogP contribution in [-0.4, -0.2) is 5.78 Å². The normalized spacial score (nSPS) is 10.6. The monoisotopic (exact) mass is 216 g/mol. The van der Waals surface area contributed by atoms with Gasteiger partial charge in [-0.3, -0.25) is 4.79 Å². The Morgan fingerprint density at radius 1 is 1.50 bits per heavy atom. The van der Waals surface area contributed by atoms with Crippen LogP contribution in [0.2, 0.25) is 0 Å². The number of hydrogen-bond donors (Lipinski definition) is 1. The third-order valence-corrected chi connectivity index (χ3v) is 2.28. The maximum Gasteiger partial charge on any atom is 0.264 e. The zero-order valence-electron chi connectivity index (χ0n) is 7.63. The summed E-state index contributed by atoms with van der Waals surface area (Å²) < 4.78 is 25.0. The summed E-state index contributed by atoms with van der Waals surface area (Å²) in [5.41, 5.74) is -0.183. The van der Waals surface area contributed by atoms with E-state index in [1.807, 2.05) is 0 Å². The number of thiol groups is 1. The van der Waals surface area contributed by atoms with Crippen LogP contribution in [0, 0.1) is 0 Å². The fraction of sp³-hybridized carbons (Fsp3) is 0.300. The summed E-state index contributed by atoms with van der Waals surface area (Å²) in [7, 11) is 0. The smallest absolute Gasteiger partial charge is 0.264 e. The van der Waals surface area contributed by atoms with Crippen molar-refractivity contribution in [3.63, 3.8) is 0 Å². The molecule has 14 heavy (non-hydrogen) atoms. The van der Waals surface area contributed by atoms with E-state index >= 15 is 0 Å². The third-order valence-electron chi connectivity index (χ3n) is 1.91. The van der Waals surface area contributed by atoms with Crippen LogP contribution in [0.25, 0.3) is 0 Å². The molecule has 1 aromatic rings. The predicted octanol–water partition coefficient (Wildman–Crippen LogP) is 3.51. The molecular formula is C10H10F2OS. The number of Topliss-reactive ketones (excluding diaryl/α,β-unsaturated/α-hetero) is 1. The largest absolute Gasteiger partial charge is 0.294 e. The molecule has 0 atom stereocenters. The van der Waals surface area contributed by atoms with E-state index in [-0.39, 0.29) is 23.3 Å². The first-order valence-corrected chi connectivity index (χ1v) is 4.65. The Morgan fingerprint density at radius 3 is 2.64 bits per heavy atom. The molecule has 0 unspecified atom stereocenters. The first kappa shape index (κ1) is 11.2. The van der Waals surface area contributed by atoms with Crippen molar-refractivity contribution in [2.24, 2.45) is 0 Å². The molecule has 76 valence electrons. The second kappa shape index (κ2) is 4.55. The first-order valence-electron chi connectivity index (χ1n) is 4.21. The molecule has 0 radical (unpaired) electrons. The predicted molar refractivity (Wildman–Crippen MR) is 53.3 cm³/mol. The van der Waals surface area contributed by atoms with Gasteiger partial charge < -0.3 is 0 Å². The highest BCUT2D eigenvalue weighted by atomic mass is 32.1. The van der Waals surface area contributed by atoms with Crippen LogP contribution in [0.3, 0.4) is 0 Å². The van der Waals surface area contributed by atoms with Crippen molar-refractivity contribution in [1.29, 1.82) is 0 Å². The van der Waals surface area contributed by atoms with E-state index in [2.05, 4.69) is 12.6 Å². The standard InChI is InChI=1S/C10H10F2OS/c1-2-7(13)9-6(10(11)12)4-3-5-8(9)14/h3-5,10,14H,2H2,1H3. The maximum absolute atomic E-state index is 12.5. The lowest BCUT2D eigenvalue weighted by Crippen LogP contribution is -2.04. The molecule has 4 heteroatoms. The molecule has 0 saturated heterocycles. The summed E-state index contributed by atoms with van der Waals surface area (Å²) in [5.74, 6) is -0.300. The van der Waals surface area contributed by atoms with Crippen molar-refractivity contribution < 1.29 is 13.6 Å². The van der Waals surface area contributed by atoms with Gasteiger partial charge in [0, 0.05) is 22.4 Å². The number of hydrogen-bond acceptors (Lipinski definition) is 2. The van der Waals surface area contributed by atoms with Crippen molar-refractivity contribution in [2.75, 3.05) is 0 Å². The molecular weight excluding hydrogens is 206 g/mol. The lowest BCUT2D eigenvalue weighted by atomic mass is 10.0. The zero-order valence-corrected chi connectivity index (χ0v) is 8.52. The van der Waals surface area contributed by atoms with Crippen LogP contribution >= 0.6 is 12.6 Å². The Labute approximate surface area is 86.5 Å². The van der Waals surface area contributed by atoms with Crippen molar-refractivity contribution in [3.05, 3.63) is 29.3 Å². The molecule has 0 aliphatic heterocycles. The summed E-state index contributed by atoms with van der Waals surface area (Å²) in [4.78, 5) is 11.7. The van der Waals surface area contributed by atoms with Crippen molar-refractivity contribution in [1.82, 2.24) is 0 Å². The van der Waals surface area contributed by atoms with E-state index in [1.165, 1.54) is 18.2 Å². The molecule has 0 heterocycles. The second-order valence-corrected chi connectivity index (χ2v) is 3.30. The van der Waals surface area contributed by atoms with Gasteiger partial charge in [0.25, 0.3) is 6.43 Å². The van der Waals surface area contributed by atoms with Crippen LogP contribution in [0.15, 0.2) is 23.1 Å². The summed E-state index contributed by atoms with van der Waals surface area (Å²) >= 11 is 4.00. The van der Waals surface area contributed by atoms with E-state index in [0.29, 0.717) is 4.90 Å². The Balaban J connectivity index is 3.29. The molecule has 0 aliphatic rings. The molecule has 0 saturated carbocycles. The Hall–Kier alpha value is -0.900. The Morgan fingerprint density at radius 2 is 2.14 bits per heavy atom. The average molecular weight is 216 g/mol. The molecule has 1 nitrogen and oxygen atoms in total. The highest BCUT2D eigenvalue weighted by Crippen LogP contribution is 2.28. The maximum atomic E-state index is 12.5. The quantitative estimate of drug-likeness (QED) is 0.604. The fourth-order valence-corrected chi connectivity index (χ4v) is 1.56. The third kappa shape index (κ3) is 2.12. The van der Waals surface area contributed by atoms with Crippen LogP contribution in [0.1, 0.15) is 35.7 Å². The molecule has 0 fully saturated rings. The average Bonchev–Trinajstić information content (AvgIpc) is 2.16. The molecule has 0 aliphatic carbocycles. The number of carbonyl (C=O) groups excluding carboxylic acids is 1. The highest BCUT2D eigenvalue weighted by Gasteiger charge is 2.18. The lowest BCUT2D eigenvalue weighted by Gasteiger charge is -2.08. The molecule has 0 aromatic heterocycles. The number of alkyl halides is 2. The van der Waals surface area contributed by atoms with Crippen LogP contribution < -0.4 is 0 Å². The molecule has 0 N–H and O–H groups in total. The van der Waals surface area contributed by atoms with Crippen molar-refractivity contribution in [2.45, 2.75) is 24.7 Å². The van der Waals surface area contributed by atoms with Gasteiger partial charge in [-0.25, -0.2) is 8.78 Å². The molecule has 1 aromatic carbocycles. The van der Waals surface area contributed by atoms with Crippen molar-refractivity contribution >= 4 is 18.4 Å². The Kier molecular flexibility index (Phi) is 3.63. The minimum absolute atomic E-state index is 0.0494. The van der Waals surface area contributed by atoms with Gasteiger partial charge in [0.15, 0.2) is 5.78 Å². The lowest BCUT2D eigenvalue weighted by molar-refractivity contribution is 0.0970. The highest BCUT2D eigenvalue weighted by molar-refractivity contribution is 7.80. The van der Waals surface area contributed by atoms with Crippen LogP contribution in [-0.2, 0) is 0 Å². The van der Waals surface area contributed by atoms with Crippen LogP contribution in [0.4, 0.5) is 8.78 Å². The van der Waals surface area contributed by atoms with Crippen LogP contribution in [0.5, 0.6) is 0 Å². The van der Waals surface area contributed by atoms with Crippen molar-refractivity contribution in [3.8, 4) is 0 Å². The van der Waals surface area contributed by atoms with Gasteiger partial charge in [-0.15, -0.1) is 12.6 Å². The van der Waals surface area contributed by atoms with E-state index in [0.717, 1.165) is 0 Å².